The number of rotatable bonds is 3. The Morgan fingerprint density at radius 2 is 1.78 bits per heavy atom. The van der Waals surface area contributed by atoms with Crippen LogP contribution in [0, 0.1) is 17.8 Å². The highest BCUT2D eigenvalue weighted by Crippen LogP contribution is 2.39. The first-order valence-electron chi connectivity index (χ1n) is 9.47. The summed E-state index contributed by atoms with van der Waals surface area (Å²) in [5.74, 6) is 2.10. The predicted octanol–water partition coefficient (Wildman–Crippen LogP) is 1.70. The van der Waals surface area contributed by atoms with E-state index in [1.165, 1.54) is 0 Å². The third-order valence-electron chi connectivity index (χ3n) is 6.34. The summed E-state index contributed by atoms with van der Waals surface area (Å²) in [6.45, 7) is 3.72. The molecule has 0 saturated carbocycles. The molecule has 0 radical (unpaired) electrons. The fraction of sp³-hybridized carbons (Fsp3) is 0.600. The van der Waals surface area contributed by atoms with Crippen LogP contribution in [0.25, 0.3) is 0 Å². The molecule has 3 aliphatic heterocycles. The van der Waals surface area contributed by atoms with Gasteiger partial charge >= 0.3 is 0 Å². The molecule has 4 atom stereocenters. The minimum atomic E-state index is -0.201. The molecular formula is C20H28ClN3O3. The molecule has 7 heteroatoms. The second-order valence-corrected chi connectivity index (χ2v) is 7.79. The highest BCUT2D eigenvalue weighted by Gasteiger charge is 2.44. The highest BCUT2D eigenvalue weighted by atomic mass is 35.5. The van der Waals surface area contributed by atoms with Crippen LogP contribution in [0.4, 0.5) is 0 Å². The molecule has 4 rings (SSSR count). The number of nitrogens with one attached hydrogen (secondary N) is 1. The van der Waals surface area contributed by atoms with Crippen molar-refractivity contribution in [3.05, 3.63) is 29.8 Å². The summed E-state index contributed by atoms with van der Waals surface area (Å²) in [4.78, 5) is 29.5. The maximum Gasteiger partial charge on any atom is 0.228 e. The average molecular weight is 394 g/mol. The summed E-state index contributed by atoms with van der Waals surface area (Å²) in [5, 5.41) is 3.42. The largest absolute Gasteiger partial charge is 0.497 e. The molecule has 1 N–H and O–H groups in total. The number of methoxy groups -OCH3 is 1. The van der Waals surface area contributed by atoms with Crippen molar-refractivity contribution in [1.82, 2.24) is 15.1 Å². The van der Waals surface area contributed by atoms with Gasteiger partial charge < -0.3 is 19.9 Å². The van der Waals surface area contributed by atoms with E-state index in [-0.39, 0.29) is 36.2 Å². The van der Waals surface area contributed by atoms with Crippen molar-refractivity contribution in [2.75, 3.05) is 40.3 Å². The number of benzene rings is 1. The predicted molar refractivity (Wildman–Crippen MR) is 105 cm³/mol. The van der Waals surface area contributed by atoms with Crippen LogP contribution in [0.5, 0.6) is 5.75 Å². The molecule has 0 aliphatic carbocycles. The van der Waals surface area contributed by atoms with Crippen molar-refractivity contribution >= 4 is 24.2 Å². The molecule has 6 nitrogen and oxygen atoms in total. The van der Waals surface area contributed by atoms with Gasteiger partial charge in [0.05, 0.1) is 19.1 Å². The third-order valence-corrected chi connectivity index (χ3v) is 6.34. The van der Waals surface area contributed by atoms with Crippen LogP contribution in [-0.4, -0.2) is 62.0 Å². The maximum atomic E-state index is 13.3. The Hall–Kier alpha value is -1.79. The van der Waals surface area contributed by atoms with E-state index in [2.05, 4.69) is 5.32 Å². The first-order chi connectivity index (χ1) is 12.6. The fourth-order valence-corrected chi connectivity index (χ4v) is 4.82. The normalized spacial score (nSPS) is 30.1. The lowest BCUT2D eigenvalue weighted by Crippen LogP contribution is -2.47. The number of halogens is 1. The van der Waals surface area contributed by atoms with Crippen LogP contribution in [0.1, 0.15) is 24.4 Å². The van der Waals surface area contributed by atoms with Gasteiger partial charge in [0.15, 0.2) is 0 Å². The summed E-state index contributed by atoms with van der Waals surface area (Å²) >= 11 is 0. The van der Waals surface area contributed by atoms with Crippen molar-refractivity contribution in [1.29, 1.82) is 0 Å². The molecule has 0 bridgehead atoms. The van der Waals surface area contributed by atoms with E-state index in [1.54, 1.807) is 12.0 Å². The Morgan fingerprint density at radius 1 is 1.15 bits per heavy atom. The lowest BCUT2D eigenvalue weighted by atomic mass is 9.83. The fourth-order valence-electron chi connectivity index (χ4n) is 4.82. The SMILES string of the molecule is COc1ccc(C2C(C(=O)N3C[C@H]4CNC[C@H]4C3)CCC(=O)N2C)cc1.Cl. The van der Waals surface area contributed by atoms with Crippen LogP contribution in [0.15, 0.2) is 24.3 Å². The van der Waals surface area contributed by atoms with Crippen LogP contribution in [-0.2, 0) is 9.59 Å². The Morgan fingerprint density at radius 3 is 2.37 bits per heavy atom. The molecule has 1 aromatic carbocycles. The van der Waals surface area contributed by atoms with Crippen LogP contribution < -0.4 is 10.1 Å². The first kappa shape index (κ1) is 20.0. The standard InChI is InChI=1S/C20H27N3O3.ClH/c1-22-18(24)8-7-17(19(22)13-3-5-16(26-2)6-4-13)20(25)23-11-14-9-21-10-15(14)12-23;/h3-6,14-15,17,19,21H,7-12H2,1-2H3;1H/t14-,15+,17?,19?;. The smallest absolute Gasteiger partial charge is 0.228 e. The van der Waals surface area contributed by atoms with E-state index in [0.29, 0.717) is 24.7 Å². The Labute approximate surface area is 166 Å². The number of hydrogen-bond acceptors (Lipinski definition) is 4. The monoisotopic (exact) mass is 393 g/mol. The number of nitrogens with zero attached hydrogens (tertiary/aromatic N) is 2. The summed E-state index contributed by atoms with van der Waals surface area (Å²) in [6.07, 6.45) is 1.07. The van der Waals surface area contributed by atoms with Crippen LogP contribution in [0.3, 0.4) is 0 Å². The van der Waals surface area contributed by atoms with E-state index < -0.39 is 0 Å². The van der Waals surface area contributed by atoms with Crippen molar-refractivity contribution in [2.45, 2.75) is 18.9 Å². The number of carbonyl (C=O) groups is 2. The number of amides is 2. The molecule has 2 unspecified atom stereocenters. The van der Waals surface area contributed by atoms with Gasteiger partial charge in [-0.2, -0.15) is 0 Å². The summed E-state index contributed by atoms with van der Waals surface area (Å²) in [7, 11) is 3.45. The number of piperidine rings is 1. The van der Waals surface area contributed by atoms with Gasteiger partial charge in [0.2, 0.25) is 11.8 Å². The Kier molecular flexibility index (Phi) is 5.96. The Balaban J connectivity index is 0.00000210. The van der Waals surface area contributed by atoms with Crippen LogP contribution >= 0.6 is 12.4 Å². The number of hydrogen-bond donors (Lipinski definition) is 1. The minimum absolute atomic E-state index is 0. The molecule has 0 aromatic heterocycles. The van der Waals surface area contributed by atoms with Gasteiger partial charge in [-0.3, -0.25) is 9.59 Å². The zero-order valence-corrected chi connectivity index (χ0v) is 16.7. The van der Waals surface area contributed by atoms with Gasteiger partial charge in [0.25, 0.3) is 0 Å². The molecule has 3 aliphatic rings. The quantitative estimate of drug-likeness (QED) is 0.849. The third kappa shape index (κ3) is 3.65. The second-order valence-electron chi connectivity index (χ2n) is 7.79. The van der Waals surface area contributed by atoms with E-state index in [0.717, 1.165) is 37.5 Å². The topological polar surface area (TPSA) is 61.9 Å². The lowest BCUT2D eigenvalue weighted by Gasteiger charge is -2.40. The van der Waals surface area contributed by atoms with E-state index >= 15 is 0 Å². The average Bonchev–Trinajstić information content (AvgIpc) is 3.25. The van der Waals surface area contributed by atoms with E-state index in [1.807, 2.05) is 36.2 Å². The van der Waals surface area contributed by atoms with Gasteiger partial charge in [-0.25, -0.2) is 0 Å². The zero-order valence-electron chi connectivity index (χ0n) is 15.9. The maximum absolute atomic E-state index is 13.3. The summed E-state index contributed by atoms with van der Waals surface area (Å²) in [6, 6.07) is 7.54. The molecule has 2 amide bonds. The van der Waals surface area contributed by atoms with Crippen molar-refractivity contribution in [3.63, 3.8) is 0 Å². The lowest BCUT2D eigenvalue weighted by molar-refractivity contribution is -0.146. The molecule has 1 aromatic rings. The number of carbonyl (C=O) groups excluding carboxylic acids is 2. The summed E-state index contributed by atoms with van der Waals surface area (Å²) < 4.78 is 5.24. The van der Waals surface area contributed by atoms with Gasteiger partial charge in [0.1, 0.15) is 5.75 Å². The number of ether oxygens (including phenoxy) is 1. The minimum Gasteiger partial charge on any atom is -0.497 e. The van der Waals surface area contributed by atoms with Crippen molar-refractivity contribution in [3.8, 4) is 5.75 Å². The summed E-state index contributed by atoms with van der Waals surface area (Å²) in [5.41, 5.74) is 1.00. The molecule has 3 saturated heterocycles. The first-order valence-corrected chi connectivity index (χ1v) is 9.47. The molecule has 148 valence electrons. The number of likely N-dealkylation sites (tertiary alicyclic amines) is 2. The molecular weight excluding hydrogens is 366 g/mol. The molecule has 0 spiro atoms. The van der Waals surface area contributed by atoms with Crippen LogP contribution in [0.2, 0.25) is 0 Å². The van der Waals surface area contributed by atoms with Crippen molar-refractivity contribution < 1.29 is 14.3 Å². The van der Waals surface area contributed by atoms with Gasteiger partial charge in [0, 0.05) is 39.6 Å². The van der Waals surface area contributed by atoms with E-state index in [4.69, 9.17) is 4.74 Å². The number of fused-ring (bicyclic) bond motifs is 1. The van der Waals surface area contributed by atoms with Crippen molar-refractivity contribution in [2.24, 2.45) is 17.8 Å². The van der Waals surface area contributed by atoms with E-state index in [9.17, 15) is 9.59 Å². The zero-order chi connectivity index (χ0) is 18.3. The van der Waals surface area contributed by atoms with Gasteiger partial charge in [-0.15, -0.1) is 12.4 Å². The molecule has 3 heterocycles. The Bertz CT molecular complexity index is 684. The molecule has 3 fully saturated rings. The highest BCUT2D eigenvalue weighted by molar-refractivity contribution is 5.85. The van der Waals surface area contributed by atoms with Gasteiger partial charge in [-0.05, 0) is 36.0 Å². The van der Waals surface area contributed by atoms with Gasteiger partial charge in [-0.1, -0.05) is 12.1 Å². The second kappa shape index (κ2) is 8.07. The molecule has 27 heavy (non-hydrogen) atoms.